The molecule has 2 unspecified atom stereocenters. The smallest absolute Gasteiger partial charge is 0.193 e. The maximum absolute atomic E-state index is 15.9. The fraction of sp³-hybridized carbons (Fsp3) is 0.486. The topological polar surface area (TPSA) is 128 Å². The highest BCUT2D eigenvalue weighted by atomic mass is 19.1. The Bertz CT molecular complexity index is 1590. The van der Waals surface area contributed by atoms with Gasteiger partial charge in [0.25, 0.3) is 0 Å². The second-order valence-electron chi connectivity index (χ2n) is 13.5. The third-order valence-electron chi connectivity index (χ3n) is 11.4. The van der Waals surface area contributed by atoms with E-state index >= 15 is 4.39 Å². The average molecular weight is 604 g/mol. The van der Waals surface area contributed by atoms with Gasteiger partial charge in [-0.2, -0.15) is 0 Å². The first-order valence-electron chi connectivity index (χ1n) is 15.4. The molecule has 2 aromatic rings. The molecular weight excluding hydrogens is 565 g/mol. The number of hydrogen-bond donors (Lipinski definition) is 3. The van der Waals surface area contributed by atoms with Crippen LogP contribution in [0.25, 0.3) is 0 Å². The van der Waals surface area contributed by atoms with Crippen molar-refractivity contribution in [1.29, 1.82) is 0 Å². The lowest BCUT2D eigenvalue weighted by molar-refractivity contribution is -0.201. The lowest BCUT2D eigenvalue weighted by Crippen LogP contribution is -2.63. The van der Waals surface area contributed by atoms with Gasteiger partial charge in [0.05, 0.1) is 12.2 Å². The summed E-state index contributed by atoms with van der Waals surface area (Å²) in [5.41, 5.74) is 5.44. The maximum Gasteiger partial charge on any atom is 0.193 e. The molecule has 0 aromatic heterocycles. The van der Waals surface area contributed by atoms with Gasteiger partial charge in [-0.25, -0.2) is 4.39 Å². The summed E-state index contributed by atoms with van der Waals surface area (Å²) in [6, 6.07) is 11.9. The van der Waals surface area contributed by atoms with Crippen LogP contribution in [0.2, 0.25) is 0 Å². The fourth-order valence-electron chi connectivity index (χ4n) is 9.49. The quantitative estimate of drug-likeness (QED) is 0.409. The molecule has 0 amide bonds. The van der Waals surface area contributed by atoms with Crippen LogP contribution in [0, 0.1) is 34.4 Å². The zero-order valence-electron chi connectivity index (χ0n) is 24.9. The van der Waals surface area contributed by atoms with Gasteiger partial charge >= 0.3 is 0 Å². The number of halogens is 1. The third kappa shape index (κ3) is 4.09. The van der Waals surface area contributed by atoms with Gasteiger partial charge in [-0.15, -0.1) is 0 Å². The van der Waals surface area contributed by atoms with Crippen molar-refractivity contribution in [3.63, 3.8) is 0 Å². The summed E-state index contributed by atoms with van der Waals surface area (Å²) in [6.07, 6.45) is 4.68. The number of benzene rings is 2. The van der Waals surface area contributed by atoms with Crippen LogP contribution < -0.4 is 10.5 Å². The molecule has 0 spiro atoms. The molecule has 4 fully saturated rings. The number of Topliss-reactive ketones (excluding diaryl/α,β-unsaturated/α-hetero) is 1. The van der Waals surface area contributed by atoms with Crippen molar-refractivity contribution in [2.24, 2.45) is 28.6 Å². The van der Waals surface area contributed by atoms with Crippen molar-refractivity contribution in [1.82, 2.24) is 0 Å². The number of carbonyl (C=O) groups excluding carboxylic acids is 2. The van der Waals surface area contributed by atoms with Crippen molar-refractivity contribution in [3.05, 3.63) is 83.2 Å². The minimum absolute atomic E-state index is 0.00932. The van der Waals surface area contributed by atoms with E-state index in [1.165, 1.54) is 6.07 Å². The van der Waals surface area contributed by atoms with E-state index in [1.54, 1.807) is 42.5 Å². The number of ether oxygens (including phenoxy) is 3. The van der Waals surface area contributed by atoms with Crippen molar-refractivity contribution >= 4 is 17.3 Å². The first-order valence-corrected chi connectivity index (χ1v) is 15.4. The first kappa shape index (κ1) is 29.3. The highest BCUT2D eigenvalue weighted by Gasteiger charge is 2.76. The van der Waals surface area contributed by atoms with Crippen LogP contribution in [0.5, 0.6) is 5.75 Å². The van der Waals surface area contributed by atoms with Crippen LogP contribution in [0.15, 0.2) is 66.3 Å². The molecule has 4 N–H and O–H groups in total. The van der Waals surface area contributed by atoms with E-state index in [9.17, 15) is 19.8 Å². The monoisotopic (exact) mass is 603 g/mol. The Morgan fingerprint density at radius 3 is 2.77 bits per heavy atom. The number of fused-ring (bicyclic) bond motifs is 7. The minimum atomic E-state index is -1.57. The van der Waals surface area contributed by atoms with E-state index in [2.05, 4.69) is 6.92 Å². The standard InChI is InChI=1S/C35H38FNO7/c1-33-12-11-22(39)14-20(33)9-10-23-25-15-29-35(28(41)17-38,34(25,2)16-26(40)30(23)33)44-32(43-29)24-7-4-8-27(31(24)36)42-18-19-5-3-6-21(37)13-19/h3-8,11-14,23,25-26,29-30,32,38,40H,9-10,15-18,37H2,1-2H3/t23-,25?,26-,29+,30?,32+,33-,34-,35+/m0/s1. The Hall–Kier alpha value is -3.37. The molecule has 44 heavy (non-hydrogen) atoms. The molecule has 0 radical (unpaired) electrons. The number of carbonyl (C=O) groups is 2. The van der Waals surface area contributed by atoms with Crippen LogP contribution in [0.1, 0.15) is 56.9 Å². The molecule has 8 nitrogen and oxygen atoms in total. The van der Waals surface area contributed by atoms with Crippen LogP contribution in [-0.2, 0) is 25.7 Å². The summed E-state index contributed by atoms with van der Waals surface area (Å²) in [5, 5.41) is 22.0. The number of aliphatic hydroxyl groups excluding tert-OH is 2. The first-order chi connectivity index (χ1) is 21.0. The molecule has 0 bridgehead atoms. The Labute approximate surface area is 255 Å². The molecular formula is C35H38FNO7. The SMILES string of the molecule is C[C@]12C=CC(=O)C=C1CC[C@@H]1C2[C@@H](O)C[C@@]2(C)C1C[C@H]1O[C@@H](c3cccc(OCc4cccc(N)c4)c3F)O[C@]12C(=O)CO. The molecule has 3 saturated carbocycles. The second kappa shape index (κ2) is 10.3. The average Bonchev–Trinajstić information content (AvgIpc) is 3.49. The lowest BCUT2D eigenvalue weighted by Gasteiger charge is -2.59. The molecule has 9 atom stereocenters. The van der Waals surface area contributed by atoms with Crippen molar-refractivity contribution in [2.75, 3.05) is 12.3 Å². The van der Waals surface area contributed by atoms with E-state index in [4.69, 9.17) is 19.9 Å². The number of rotatable bonds is 6. The molecule has 2 aromatic carbocycles. The lowest BCUT2D eigenvalue weighted by atomic mass is 9.46. The van der Waals surface area contributed by atoms with E-state index in [0.717, 1.165) is 24.0 Å². The number of allylic oxidation sites excluding steroid dienone is 4. The zero-order chi connectivity index (χ0) is 31.0. The van der Waals surface area contributed by atoms with Gasteiger partial charge in [-0.05, 0) is 73.4 Å². The van der Waals surface area contributed by atoms with E-state index in [-0.39, 0.29) is 47.9 Å². The summed E-state index contributed by atoms with van der Waals surface area (Å²) >= 11 is 0. The van der Waals surface area contributed by atoms with E-state index < -0.39 is 53.1 Å². The van der Waals surface area contributed by atoms with Crippen molar-refractivity contribution < 1.29 is 38.4 Å². The van der Waals surface area contributed by atoms with E-state index in [1.807, 2.05) is 19.1 Å². The minimum Gasteiger partial charge on any atom is -0.486 e. The summed E-state index contributed by atoms with van der Waals surface area (Å²) in [7, 11) is 0. The molecule has 1 aliphatic heterocycles. The van der Waals surface area contributed by atoms with Gasteiger partial charge in [-0.1, -0.05) is 49.8 Å². The number of ketones is 2. The predicted octanol–water partition coefficient (Wildman–Crippen LogP) is 4.59. The van der Waals surface area contributed by atoms with Gasteiger partial charge in [0.1, 0.15) is 13.2 Å². The Morgan fingerprint density at radius 2 is 2.00 bits per heavy atom. The summed E-state index contributed by atoms with van der Waals surface area (Å²) in [6.45, 7) is 3.38. The number of aliphatic hydroxyl groups is 2. The van der Waals surface area contributed by atoms with Crippen LogP contribution in [0.3, 0.4) is 0 Å². The van der Waals surface area contributed by atoms with Crippen LogP contribution in [0.4, 0.5) is 10.1 Å². The summed E-state index contributed by atoms with van der Waals surface area (Å²) in [5.74, 6) is -1.38. The summed E-state index contributed by atoms with van der Waals surface area (Å²) < 4.78 is 34.7. The molecule has 7 rings (SSSR count). The van der Waals surface area contributed by atoms with Gasteiger partial charge < -0.3 is 30.2 Å². The number of hydrogen-bond acceptors (Lipinski definition) is 8. The number of nitrogen functional groups attached to an aromatic ring is 1. The highest BCUT2D eigenvalue weighted by molar-refractivity contribution is 6.01. The number of anilines is 1. The molecule has 5 aliphatic rings. The number of nitrogens with two attached hydrogens (primary N) is 1. The van der Waals surface area contributed by atoms with Gasteiger partial charge in [-0.3, -0.25) is 9.59 Å². The van der Waals surface area contributed by atoms with Crippen molar-refractivity contribution in [2.45, 2.75) is 70.2 Å². The Balaban J connectivity index is 1.19. The van der Waals surface area contributed by atoms with Gasteiger partial charge in [0.2, 0.25) is 0 Å². The third-order valence-corrected chi connectivity index (χ3v) is 11.4. The largest absolute Gasteiger partial charge is 0.486 e. The second-order valence-corrected chi connectivity index (χ2v) is 13.5. The normalized spacial score (nSPS) is 38.8. The Kier molecular flexibility index (Phi) is 6.90. The van der Waals surface area contributed by atoms with Crippen LogP contribution >= 0.6 is 0 Å². The summed E-state index contributed by atoms with van der Waals surface area (Å²) in [4.78, 5) is 25.9. The van der Waals surface area contributed by atoms with Crippen molar-refractivity contribution in [3.8, 4) is 5.75 Å². The predicted molar refractivity (Wildman–Crippen MR) is 158 cm³/mol. The maximum atomic E-state index is 15.9. The van der Waals surface area contributed by atoms with E-state index in [0.29, 0.717) is 12.1 Å². The van der Waals surface area contributed by atoms with Gasteiger partial charge in [0.15, 0.2) is 35.0 Å². The van der Waals surface area contributed by atoms with Gasteiger partial charge in [0, 0.05) is 28.0 Å². The molecule has 4 aliphatic carbocycles. The highest BCUT2D eigenvalue weighted by Crippen LogP contribution is 2.70. The zero-order valence-corrected chi connectivity index (χ0v) is 24.9. The molecule has 232 valence electrons. The molecule has 1 saturated heterocycles. The Morgan fingerprint density at radius 1 is 1.20 bits per heavy atom. The molecule has 9 heteroatoms. The fourth-order valence-corrected chi connectivity index (χ4v) is 9.49. The van der Waals surface area contributed by atoms with Crippen LogP contribution in [-0.4, -0.2) is 46.2 Å². The molecule has 1 heterocycles.